The standard InChI is InChI=1S/C12H15N3O2/c1-3-4-5-11(16)14-9-6-10(8-13)15-12(7-9)17-2/h6-7H,3-5H2,1-2H3,(H,14,15,16). The van der Waals surface area contributed by atoms with E-state index < -0.39 is 0 Å². The van der Waals surface area contributed by atoms with Crippen LogP contribution in [-0.2, 0) is 4.79 Å². The molecule has 0 bridgehead atoms. The Bertz CT molecular complexity index is 438. The second-order valence-corrected chi connectivity index (χ2v) is 3.55. The summed E-state index contributed by atoms with van der Waals surface area (Å²) in [6.07, 6.45) is 2.29. The van der Waals surface area contributed by atoms with Crippen LogP contribution in [0.1, 0.15) is 31.9 Å². The Hall–Kier alpha value is -2.09. The first-order valence-electron chi connectivity index (χ1n) is 5.45. The van der Waals surface area contributed by atoms with Gasteiger partial charge in [-0.25, -0.2) is 4.98 Å². The third kappa shape index (κ3) is 4.11. The molecule has 1 aromatic heterocycles. The van der Waals surface area contributed by atoms with Crippen molar-refractivity contribution in [1.82, 2.24) is 4.98 Å². The number of hydrogen-bond donors (Lipinski definition) is 1. The van der Waals surface area contributed by atoms with Gasteiger partial charge >= 0.3 is 0 Å². The summed E-state index contributed by atoms with van der Waals surface area (Å²) in [5.41, 5.74) is 0.754. The van der Waals surface area contributed by atoms with Crippen LogP contribution in [0.4, 0.5) is 5.69 Å². The number of pyridine rings is 1. The zero-order valence-electron chi connectivity index (χ0n) is 9.99. The Morgan fingerprint density at radius 1 is 1.59 bits per heavy atom. The smallest absolute Gasteiger partial charge is 0.224 e. The van der Waals surface area contributed by atoms with Crippen LogP contribution in [0.25, 0.3) is 0 Å². The molecular formula is C12H15N3O2. The number of hydrogen-bond acceptors (Lipinski definition) is 4. The van der Waals surface area contributed by atoms with Crippen molar-refractivity contribution >= 4 is 11.6 Å². The van der Waals surface area contributed by atoms with Gasteiger partial charge in [-0.2, -0.15) is 5.26 Å². The van der Waals surface area contributed by atoms with E-state index in [-0.39, 0.29) is 11.6 Å². The lowest BCUT2D eigenvalue weighted by atomic mass is 10.2. The molecule has 1 aromatic rings. The quantitative estimate of drug-likeness (QED) is 0.844. The van der Waals surface area contributed by atoms with Crippen molar-refractivity contribution in [2.24, 2.45) is 0 Å². The molecule has 1 rings (SSSR count). The van der Waals surface area contributed by atoms with E-state index in [1.165, 1.54) is 13.2 Å². The number of carbonyl (C=O) groups excluding carboxylic acids is 1. The summed E-state index contributed by atoms with van der Waals surface area (Å²) in [7, 11) is 1.46. The van der Waals surface area contributed by atoms with Crippen LogP contribution in [0, 0.1) is 11.3 Å². The molecule has 0 aliphatic carbocycles. The summed E-state index contributed by atoms with van der Waals surface area (Å²) in [6.45, 7) is 2.02. The molecule has 0 aliphatic heterocycles. The lowest BCUT2D eigenvalue weighted by Crippen LogP contribution is -2.11. The minimum atomic E-state index is -0.0657. The topological polar surface area (TPSA) is 75.0 Å². The van der Waals surface area contributed by atoms with Gasteiger partial charge in [0.15, 0.2) is 0 Å². The molecule has 0 radical (unpaired) electrons. The highest BCUT2D eigenvalue weighted by atomic mass is 16.5. The van der Waals surface area contributed by atoms with E-state index in [1.54, 1.807) is 6.07 Å². The maximum atomic E-state index is 11.5. The predicted octanol–water partition coefficient (Wildman–Crippen LogP) is 2.09. The van der Waals surface area contributed by atoms with Gasteiger partial charge in [0, 0.05) is 18.2 Å². The number of rotatable bonds is 5. The van der Waals surface area contributed by atoms with Crippen molar-refractivity contribution in [3.63, 3.8) is 0 Å². The molecule has 90 valence electrons. The van der Waals surface area contributed by atoms with E-state index in [0.29, 0.717) is 18.0 Å². The van der Waals surface area contributed by atoms with E-state index >= 15 is 0 Å². The fraction of sp³-hybridized carbons (Fsp3) is 0.417. The maximum absolute atomic E-state index is 11.5. The third-order valence-corrected chi connectivity index (χ3v) is 2.17. The van der Waals surface area contributed by atoms with E-state index in [9.17, 15) is 4.79 Å². The van der Waals surface area contributed by atoms with E-state index in [0.717, 1.165) is 12.8 Å². The van der Waals surface area contributed by atoms with Crippen LogP contribution < -0.4 is 10.1 Å². The molecule has 0 fully saturated rings. The molecule has 0 unspecified atom stereocenters. The molecule has 0 aliphatic rings. The fourth-order valence-electron chi connectivity index (χ4n) is 1.30. The van der Waals surface area contributed by atoms with Gasteiger partial charge in [0.2, 0.25) is 11.8 Å². The molecule has 0 saturated heterocycles. The molecule has 0 aromatic carbocycles. The van der Waals surface area contributed by atoms with Gasteiger partial charge in [0.25, 0.3) is 0 Å². The van der Waals surface area contributed by atoms with E-state index in [2.05, 4.69) is 10.3 Å². The lowest BCUT2D eigenvalue weighted by Gasteiger charge is -2.06. The molecule has 1 amide bonds. The van der Waals surface area contributed by atoms with Gasteiger partial charge in [-0.05, 0) is 12.5 Å². The Kier molecular flexibility index (Phi) is 4.95. The average Bonchev–Trinajstić information content (AvgIpc) is 2.35. The Labute approximate surface area is 100 Å². The predicted molar refractivity (Wildman–Crippen MR) is 63.7 cm³/mol. The van der Waals surface area contributed by atoms with Gasteiger partial charge < -0.3 is 10.1 Å². The number of unbranched alkanes of at least 4 members (excludes halogenated alkanes) is 1. The van der Waals surface area contributed by atoms with Gasteiger partial charge in [-0.1, -0.05) is 13.3 Å². The summed E-state index contributed by atoms with van der Waals surface area (Å²) in [5.74, 6) is 0.249. The number of anilines is 1. The van der Waals surface area contributed by atoms with Crippen LogP contribution in [-0.4, -0.2) is 18.0 Å². The van der Waals surface area contributed by atoms with Crippen LogP contribution in [0.5, 0.6) is 5.88 Å². The summed E-state index contributed by atoms with van der Waals surface area (Å²) in [5, 5.41) is 11.5. The summed E-state index contributed by atoms with van der Waals surface area (Å²) in [4.78, 5) is 15.4. The van der Waals surface area contributed by atoms with Gasteiger partial charge in [0.05, 0.1) is 7.11 Å². The van der Waals surface area contributed by atoms with Crippen LogP contribution in [0.3, 0.4) is 0 Å². The van der Waals surface area contributed by atoms with Crippen LogP contribution >= 0.6 is 0 Å². The Balaban J connectivity index is 2.77. The second-order valence-electron chi connectivity index (χ2n) is 3.55. The number of nitrogens with one attached hydrogen (secondary N) is 1. The van der Waals surface area contributed by atoms with Crippen molar-refractivity contribution in [3.05, 3.63) is 17.8 Å². The number of amides is 1. The normalized spacial score (nSPS) is 9.47. The first-order chi connectivity index (χ1) is 8.19. The number of carbonyl (C=O) groups is 1. The zero-order chi connectivity index (χ0) is 12.7. The van der Waals surface area contributed by atoms with Crippen LogP contribution in [0.15, 0.2) is 12.1 Å². The number of nitrogens with zero attached hydrogens (tertiary/aromatic N) is 2. The monoisotopic (exact) mass is 233 g/mol. The minimum Gasteiger partial charge on any atom is -0.481 e. The number of aromatic nitrogens is 1. The summed E-state index contributed by atoms with van der Waals surface area (Å²) in [6, 6.07) is 5.02. The van der Waals surface area contributed by atoms with Gasteiger partial charge in [-0.3, -0.25) is 4.79 Å². The summed E-state index contributed by atoms with van der Waals surface area (Å²) >= 11 is 0. The maximum Gasteiger partial charge on any atom is 0.224 e. The van der Waals surface area contributed by atoms with Crippen molar-refractivity contribution in [2.45, 2.75) is 26.2 Å². The first-order valence-corrected chi connectivity index (χ1v) is 5.45. The van der Waals surface area contributed by atoms with Crippen molar-refractivity contribution in [3.8, 4) is 11.9 Å². The van der Waals surface area contributed by atoms with Crippen molar-refractivity contribution in [1.29, 1.82) is 5.26 Å². The van der Waals surface area contributed by atoms with E-state index in [4.69, 9.17) is 10.00 Å². The number of ether oxygens (including phenoxy) is 1. The highest BCUT2D eigenvalue weighted by Crippen LogP contribution is 2.16. The lowest BCUT2D eigenvalue weighted by molar-refractivity contribution is -0.116. The molecule has 0 spiro atoms. The highest BCUT2D eigenvalue weighted by molar-refractivity contribution is 5.90. The first kappa shape index (κ1) is 13.0. The van der Waals surface area contributed by atoms with Crippen molar-refractivity contribution in [2.75, 3.05) is 12.4 Å². The molecule has 1 heterocycles. The molecule has 0 saturated carbocycles. The largest absolute Gasteiger partial charge is 0.481 e. The van der Waals surface area contributed by atoms with E-state index in [1.807, 2.05) is 13.0 Å². The van der Waals surface area contributed by atoms with Crippen molar-refractivity contribution < 1.29 is 9.53 Å². The molecule has 0 atom stereocenters. The SMILES string of the molecule is CCCCC(=O)Nc1cc(C#N)nc(OC)c1. The van der Waals surface area contributed by atoms with Gasteiger partial charge in [-0.15, -0.1) is 0 Å². The molecular weight excluding hydrogens is 218 g/mol. The second kappa shape index (κ2) is 6.48. The highest BCUT2D eigenvalue weighted by Gasteiger charge is 2.06. The molecule has 5 heteroatoms. The Morgan fingerprint density at radius 3 is 2.94 bits per heavy atom. The molecule has 5 nitrogen and oxygen atoms in total. The third-order valence-electron chi connectivity index (χ3n) is 2.17. The molecule has 17 heavy (non-hydrogen) atoms. The Morgan fingerprint density at radius 2 is 2.35 bits per heavy atom. The minimum absolute atomic E-state index is 0.0657. The van der Waals surface area contributed by atoms with Gasteiger partial charge in [0.1, 0.15) is 11.8 Å². The zero-order valence-corrected chi connectivity index (χ0v) is 9.99. The summed E-state index contributed by atoms with van der Waals surface area (Å²) < 4.78 is 4.95. The fourth-order valence-corrected chi connectivity index (χ4v) is 1.30. The number of methoxy groups -OCH3 is 1. The molecule has 1 N–H and O–H groups in total. The average molecular weight is 233 g/mol. The van der Waals surface area contributed by atoms with Crippen LogP contribution in [0.2, 0.25) is 0 Å². The number of nitriles is 1.